The molecule has 3 fully saturated rings. The topological polar surface area (TPSA) is 93.8 Å². The Balaban J connectivity index is 1.15. The molecule has 0 saturated carbocycles. The van der Waals surface area contributed by atoms with Gasteiger partial charge in [-0.1, -0.05) is 18.6 Å². The number of amides is 3. The molecule has 4 aliphatic rings. The molecule has 1 aromatic rings. The van der Waals surface area contributed by atoms with E-state index in [4.69, 9.17) is 0 Å². The maximum Gasteiger partial charge on any atom is 0.255 e. The highest BCUT2D eigenvalue weighted by Crippen LogP contribution is 2.28. The number of nitrogens with zero attached hydrogens (tertiary/aromatic N) is 2. The molecule has 4 aliphatic heterocycles. The first-order valence-corrected chi connectivity index (χ1v) is 11.5. The molecule has 0 aromatic heterocycles. The molecule has 166 valence electrons. The summed E-state index contributed by atoms with van der Waals surface area (Å²) in [5.74, 6) is -0.747. The molecule has 0 aliphatic carbocycles. The number of carbonyl (C=O) groups excluding carboxylic acids is 3. The summed E-state index contributed by atoms with van der Waals surface area (Å²) in [6.45, 7) is 5.52. The van der Waals surface area contributed by atoms with E-state index >= 15 is 0 Å². The van der Waals surface area contributed by atoms with Crippen LogP contribution in [0.5, 0.6) is 0 Å². The zero-order valence-electron chi connectivity index (χ0n) is 17.9. The van der Waals surface area contributed by atoms with Crippen LogP contribution in [0.25, 0.3) is 0 Å². The van der Waals surface area contributed by atoms with Gasteiger partial charge in [-0.2, -0.15) is 0 Å². The first kappa shape index (κ1) is 20.6. The summed E-state index contributed by atoms with van der Waals surface area (Å²) in [4.78, 5) is 40.6. The third kappa shape index (κ3) is 4.24. The van der Waals surface area contributed by atoms with Gasteiger partial charge in [-0.15, -0.1) is 0 Å². The van der Waals surface area contributed by atoms with Crippen LogP contribution in [0.1, 0.15) is 53.6 Å². The lowest BCUT2D eigenvalue weighted by Gasteiger charge is -2.43. The molecule has 0 spiro atoms. The molecule has 3 atom stereocenters. The normalized spacial score (nSPS) is 29.0. The molecule has 0 radical (unpaired) electrons. The lowest BCUT2D eigenvalue weighted by atomic mass is 9.98. The molecule has 4 heterocycles. The van der Waals surface area contributed by atoms with Gasteiger partial charge in [0.15, 0.2) is 0 Å². The minimum atomic E-state index is -0.560. The van der Waals surface area contributed by atoms with Crippen LogP contribution in [-0.4, -0.2) is 71.8 Å². The third-order valence-corrected chi connectivity index (χ3v) is 7.15. The molecule has 3 N–H and O–H groups in total. The maximum atomic E-state index is 12.8. The number of nitrogens with one attached hydrogen (secondary N) is 3. The molecular formula is C23H31N5O3. The highest BCUT2D eigenvalue weighted by Gasteiger charge is 2.39. The second-order valence-electron chi connectivity index (χ2n) is 9.27. The lowest BCUT2D eigenvalue weighted by Crippen LogP contribution is -2.60. The molecule has 3 amide bonds. The third-order valence-electron chi connectivity index (χ3n) is 7.15. The van der Waals surface area contributed by atoms with Crippen molar-refractivity contribution in [3.05, 3.63) is 34.9 Å². The standard InChI is InChI=1S/C23H31N5O3/c29-21-7-6-20(22(30)26-21)28-13-16-9-15(4-5-19(16)23(28)31)10-24-11-17-14-27-8-2-1-3-18(27)12-25-17/h4-5,9,17-18,20,24-25H,1-3,6-8,10-14H2,(H,26,29,30). The number of hydrogen-bond donors (Lipinski definition) is 3. The predicted octanol–water partition coefficient (Wildman–Crippen LogP) is 0.364. The number of benzene rings is 1. The fourth-order valence-electron chi connectivity index (χ4n) is 5.45. The fourth-order valence-corrected chi connectivity index (χ4v) is 5.45. The van der Waals surface area contributed by atoms with Gasteiger partial charge < -0.3 is 15.5 Å². The zero-order chi connectivity index (χ0) is 21.4. The van der Waals surface area contributed by atoms with Crippen molar-refractivity contribution >= 4 is 17.7 Å². The van der Waals surface area contributed by atoms with Crippen molar-refractivity contribution in [2.75, 3.05) is 26.2 Å². The molecule has 5 rings (SSSR count). The molecule has 8 nitrogen and oxygen atoms in total. The van der Waals surface area contributed by atoms with Crippen LogP contribution in [-0.2, 0) is 22.7 Å². The second kappa shape index (κ2) is 8.68. The van der Waals surface area contributed by atoms with Gasteiger partial charge >= 0.3 is 0 Å². The van der Waals surface area contributed by atoms with E-state index in [0.717, 1.165) is 37.3 Å². The number of hydrogen-bond acceptors (Lipinski definition) is 6. The summed E-state index contributed by atoms with van der Waals surface area (Å²) in [6, 6.07) is 6.56. The van der Waals surface area contributed by atoms with E-state index in [-0.39, 0.29) is 24.1 Å². The first-order chi connectivity index (χ1) is 15.1. The van der Waals surface area contributed by atoms with E-state index in [1.165, 1.54) is 25.8 Å². The van der Waals surface area contributed by atoms with Crippen molar-refractivity contribution in [2.24, 2.45) is 0 Å². The molecule has 3 unspecified atom stereocenters. The van der Waals surface area contributed by atoms with E-state index in [1.807, 2.05) is 12.1 Å². The van der Waals surface area contributed by atoms with Gasteiger partial charge in [0, 0.05) is 56.8 Å². The number of rotatable bonds is 5. The van der Waals surface area contributed by atoms with Gasteiger partial charge in [0.25, 0.3) is 5.91 Å². The predicted molar refractivity (Wildman–Crippen MR) is 115 cm³/mol. The molecular weight excluding hydrogens is 394 g/mol. The fraction of sp³-hybridized carbons (Fsp3) is 0.609. The van der Waals surface area contributed by atoms with Crippen LogP contribution in [0.15, 0.2) is 18.2 Å². The van der Waals surface area contributed by atoms with Crippen LogP contribution in [0.2, 0.25) is 0 Å². The maximum absolute atomic E-state index is 12.8. The van der Waals surface area contributed by atoms with E-state index in [9.17, 15) is 14.4 Å². The Kier molecular flexibility index (Phi) is 5.77. The summed E-state index contributed by atoms with van der Waals surface area (Å²) in [6.07, 6.45) is 4.66. The number of imide groups is 1. The second-order valence-corrected chi connectivity index (χ2v) is 9.27. The average molecular weight is 426 g/mol. The van der Waals surface area contributed by atoms with Crippen LogP contribution in [0, 0.1) is 0 Å². The van der Waals surface area contributed by atoms with Crippen molar-refractivity contribution in [1.29, 1.82) is 0 Å². The van der Waals surface area contributed by atoms with E-state index in [0.29, 0.717) is 30.6 Å². The summed E-state index contributed by atoms with van der Waals surface area (Å²) >= 11 is 0. The van der Waals surface area contributed by atoms with E-state index < -0.39 is 6.04 Å². The van der Waals surface area contributed by atoms with Crippen LogP contribution in [0.4, 0.5) is 0 Å². The summed E-state index contributed by atoms with van der Waals surface area (Å²) < 4.78 is 0. The summed E-state index contributed by atoms with van der Waals surface area (Å²) in [5.41, 5.74) is 2.77. The SMILES string of the molecule is O=C1CCC(N2Cc3cc(CNCC4CN5CCCCC5CN4)ccc3C2=O)C(=O)N1. The lowest BCUT2D eigenvalue weighted by molar-refractivity contribution is -0.136. The Morgan fingerprint density at radius 3 is 2.90 bits per heavy atom. The van der Waals surface area contributed by atoms with E-state index in [1.54, 1.807) is 4.90 Å². The molecule has 8 heteroatoms. The van der Waals surface area contributed by atoms with Crippen LogP contribution >= 0.6 is 0 Å². The quantitative estimate of drug-likeness (QED) is 0.590. The molecule has 3 saturated heterocycles. The van der Waals surface area contributed by atoms with Gasteiger partial charge in [0.2, 0.25) is 11.8 Å². The van der Waals surface area contributed by atoms with Crippen molar-refractivity contribution in [2.45, 2.75) is 63.3 Å². The van der Waals surface area contributed by atoms with Crippen molar-refractivity contribution in [1.82, 2.24) is 25.8 Å². The van der Waals surface area contributed by atoms with Gasteiger partial charge in [0.1, 0.15) is 6.04 Å². The molecule has 0 bridgehead atoms. The Morgan fingerprint density at radius 1 is 1.13 bits per heavy atom. The van der Waals surface area contributed by atoms with Gasteiger partial charge in [-0.05, 0) is 43.0 Å². The monoisotopic (exact) mass is 425 g/mol. The number of carbonyl (C=O) groups is 3. The summed E-state index contributed by atoms with van der Waals surface area (Å²) in [7, 11) is 0. The Labute approximate surface area is 182 Å². The minimum absolute atomic E-state index is 0.119. The molecule has 1 aromatic carbocycles. The Hall–Kier alpha value is -2.29. The summed E-state index contributed by atoms with van der Waals surface area (Å²) in [5, 5.41) is 9.60. The Bertz CT molecular complexity index is 888. The van der Waals surface area contributed by atoms with Gasteiger partial charge in [0.05, 0.1) is 0 Å². The van der Waals surface area contributed by atoms with E-state index in [2.05, 4.69) is 26.9 Å². The molecule has 31 heavy (non-hydrogen) atoms. The number of piperidine rings is 2. The minimum Gasteiger partial charge on any atom is -0.322 e. The first-order valence-electron chi connectivity index (χ1n) is 11.5. The largest absolute Gasteiger partial charge is 0.322 e. The van der Waals surface area contributed by atoms with Crippen LogP contribution < -0.4 is 16.0 Å². The smallest absolute Gasteiger partial charge is 0.255 e. The van der Waals surface area contributed by atoms with Crippen LogP contribution in [0.3, 0.4) is 0 Å². The average Bonchev–Trinajstić information content (AvgIpc) is 3.09. The van der Waals surface area contributed by atoms with Gasteiger partial charge in [-0.3, -0.25) is 24.6 Å². The zero-order valence-corrected chi connectivity index (χ0v) is 17.9. The number of fused-ring (bicyclic) bond motifs is 2. The van der Waals surface area contributed by atoms with Crippen molar-refractivity contribution < 1.29 is 14.4 Å². The van der Waals surface area contributed by atoms with Crippen molar-refractivity contribution in [3.63, 3.8) is 0 Å². The highest BCUT2D eigenvalue weighted by atomic mass is 16.2. The van der Waals surface area contributed by atoms with Gasteiger partial charge in [-0.25, -0.2) is 0 Å². The highest BCUT2D eigenvalue weighted by molar-refractivity contribution is 6.05. The Morgan fingerprint density at radius 2 is 2.03 bits per heavy atom. The number of piperazine rings is 1. The van der Waals surface area contributed by atoms with Crippen molar-refractivity contribution in [3.8, 4) is 0 Å².